The van der Waals surface area contributed by atoms with E-state index in [2.05, 4.69) is 20.9 Å². The molecule has 0 fully saturated rings. The zero-order valence-electron chi connectivity index (χ0n) is 10.4. The minimum atomic E-state index is -0.367. The molecule has 4 nitrogen and oxygen atoms in total. The predicted molar refractivity (Wildman–Crippen MR) is 82.6 cm³/mol. The summed E-state index contributed by atoms with van der Waals surface area (Å²) in [5.41, 5.74) is 1.13. The molecular weight excluding hydrogens is 379 g/mol. The molecule has 1 aromatic carbocycles. The molecular formula is C14H7BrCl2N2O2. The molecule has 106 valence electrons. The number of halogens is 3. The Morgan fingerprint density at radius 1 is 1.05 bits per heavy atom. The summed E-state index contributed by atoms with van der Waals surface area (Å²) >= 11 is 15.1. The molecule has 21 heavy (non-hydrogen) atoms. The number of carbonyl (C=O) groups is 2. The Kier molecular flexibility index (Phi) is 3.73. The van der Waals surface area contributed by atoms with Crippen molar-refractivity contribution in [2.45, 2.75) is 6.54 Å². The standard InChI is InChI=1S/C14H7BrCl2N2O2/c15-7-1-2-8-9(5-7)14(21)19(13(8)20)6-11-10(16)3-4-12(17)18-11/h1-5H,6H2. The first-order chi connectivity index (χ1) is 9.97. The van der Waals surface area contributed by atoms with Crippen molar-refractivity contribution in [3.8, 4) is 0 Å². The fraction of sp³-hybridized carbons (Fsp3) is 0.0714. The lowest BCUT2D eigenvalue weighted by Gasteiger charge is -2.14. The number of amides is 2. The van der Waals surface area contributed by atoms with Crippen molar-refractivity contribution in [2.24, 2.45) is 0 Å². The number of benzene rings is 1. The molecule has 0 atom stereocenters. The quantitative estimate of drug-likeness (QED) is 0.581. The number of fused-ring (bicyclic) bond motifs is 1. The summed E-state index contributed by atoms with van der Waals surface area (Å²) in [5.74, 6) is -0.727. The Labute approximate surface area is 138 Å². The molecule has 0 bridgehead atoms. The molecule has 0 saturated carbocycles. The highest BCUT2D eigenvalue weighted by molar-refractivity contribution is 9.10. The van der Waals surface area contributed by atoms with E-state index in [9.17, 15) is 9.59 Å². The first-order valence-corrected chi connectivity index (χ1v) is 7.49. The Bertz CT molecular complexity index is 780. The second kappa shape index (κ2) is 5.40. The second-order valence-electron chi connectivity index (χ2n) is 4.45. The average molecular weight is 386 g/mol. The van der Waals surface area contributed by atoms with Crippen LogP contribution in [-0.2, 0) is 6.54 Å². The number of hydrogen-bond donors (Lipinski definition) is 0. The van der Waals surface area contributed by atoms with Crippen LogP contribution in [0.5, 0.6) is 0 Å². The molecule has 0 spiro atoms. The van der Waals surface area contributed by atoms with Gasteiger partial charge in [0.05, 0.1) is 28.4 Å². The fourth-order valence-electron chi connectivity index (χ4n) is 2.12. The summed E-state index contributed by atoms with van der Waals surface area (Å²) in [4.78, 5) is 29.8. The number of pyridine rings is 1. The minimum Gasteiger partial charge on any atom is -0.269 e. The van der Waals surface area contributed by atoms with E-state index in [1.165, 1.54) is 0 Å². The third-order valence-electron chi connectivity index (χ3n) is 3.13. The van der Waals surface area contributed by atoms with Gasteiger partial charge in [-0.25, -0.2) is 4.98 Å². The van der Waals surface area contributed by atoms with Crippen LogP contribution < -0.4 is 0 Å². The van der Waals surface area contributed by atoms with Crippen LogP contribution in [0.15, 0.2) is 34.8 Å². The number of nitrogens with zero attached hydrogens (tertiary/aromatic N) is 2. The van der Waals surface area contributed by atoms with Gasteiger partial charge in [0.2, 0.25) is 0 Å². The van der Waals surface area contributed by atoms with Gasteiger partial charge in [-0.05, 0) is 30.3 Å². The normalized spacial score (nSPS) is 13.8. The Morgan fingerprint density at radius 2 is 1.76 bits per heavy atom. The van der Waals surface area contributed by atoms with Crippen LogP contribution >= 0.6 is 39.1 Å². The van der Waals surface area contributed by atoms with Gasteiger partial charge in [0.1, 0.15) is 5.15 Å². The molecule has 2 heterocycles. The number of hydrogen-bond acceptors (Lipinski definition) is 3. The lowest BCUT2D eigenvalue weighted by molar-refractivity contribution is 0.0640. The average Bonchev–Trinajstić information content (AvgIpc) is 2.67. The van der Waals surface area contributed by atoms with Gasteiger partial charge in [0.25, 0.3) is 11.8 Å². The topological polar surface area (TPSA) is 50.3 Å². The fourth-order valence-corrected chi connectivity index (χ4v) is 2.82. The number of rotatable bonds is 2. The smallest absolute Gasteiger partial charge is 0.261 e. The zero-order chi connectivity index (χ0) is 15.1. The molecule has 2 amide bonds. The van der Waals surface area contributed by atoms with Gasteiger partial charge in [-0.2, -0.15) is 0 Å². The van der Waals surface area contributed by atoms with E-state index in [-0.39, 0.29) is 23.5 Å². The van der Waals surface area contributed by atoms with Crippen LogP contribution in [0.25, 0.3) is 0 Å². The van der Waals surface area contributed by atoms with Crippen molar-refractivity contribution in [3.05, 3.63) is 61.8 Å². The molecule has 0 unspecified atom stereocenters. The third-order valence-corrected chi connectivity index (χ3v) is 4.17. The van der Waals surface area contributed by atoms with Gasteiger partial charge in [-0.3, -0.25) is 14.5 Å². The Balaban J connectivity index is 1.97. The van der Waals surface area contributed by atoms with Gasteiger partial charge in [0, 0.05) is 4.47 Å². The highest BCUT2D eigenvalue weighted by Gasteiger charge is 2.36. The lowest BCUT2D eigenvalue weighted by Crippen LogP contribution is -2.29. The molecule has 3 rings (SSSR count). The molecule has 0 N–H and O–H groups in total. The van der Waals surface area contributed by atoms with Crippen molar-refractivity contribution in [2.75, 3.05) is 0 Å². The maximum absolute atomic E-state index is 12.3. The predicted octanol–water partition coefficient (Wildman–Crippen LogP) is 3.95. The lowest BCUT2D eigenvalue weighted by atomic mass is 10.1. The number of carbonyl (C=O) groups excluding carboxylic acids is 2. The van der Waals surface area contributed by atoms with Gasteiger partial charge < -0.3 is 0 Å². The van der Waals surface area contributed by atoms with E-state index in [4.69, 9.17) is 23.2 Å². The SMILES string of the molecule is O=C1c2ccc(Br)cc2C(=O)N1Cc1nc(Cl)ccc1Cl. The van der Waals surface area contributed by atoms with Crippen molar-refractivity contribution in [1.82, 2.24) is 9.88 Å². The first kappa shape index (κ1) is 14.5. The summed E-state index contributed by atoms with van der Waals surface area (Å²) in [6.45, 7) is -0.0106. The maximum Gasteiger partial charge on any atom is 0.261 e. The Morgan fingerprint density at radius 3 is 2.52 bits per heavy atom. The zero-order valence-corrected chi connectivity index (χ0v) is 13.5. The largest absolute Gasteiger partial charge is 0.269 e. The van der Waals surface area contributed by atoms with Crippen LogP contribution in [0, 0.1) is 0 Å². The van der Waals surface area contributed by atoms with E-state index in [0.717, 1.165) is 9.37 Å². The van der Waals surface area contributed by atoms with E-state index in [1.54, 1.807) is 30.3 Å². The van der Waals surface area contributed by atoms with Crippen molar-refractivity contribution < 1.29 is 9.59 Å². The van der Waals surface area contributed by atoms with Gasteiger partial charge in [-0.15, -0.1) is 0 Å². The molecule has 1 aliphatic heterocycles. The number of aromatic nitrogens is 1. The summed E-state index contributed by atoms with van der Waals surface area (Å²) in [6.07, 6.45) is 0. The van der Waals surface area contributed by atoms with Crippen molar-refractivity contribution >= 4 is 50.9 Å². The van der Waals surface area contributed by atoms with Crippen LogP contribution in [0.1, 0.15) is 26.4 Å². The molecule has 0 aliphatic carbocycles. The third kappa shape index (κ3) is 2.57. The second-order valence-corrected chi connectivity index (χ2v) is 6.16. The molecule has 2 aromatic rings. The monoisotopic (exact) mass is 384 g/mol. The van der Waals surface area contributed by atoms with Gasteiger partial charge >= 0.3 is 0 Å². The van der Waals surface area contributed by atoms with E-state index in [1.807, 2.05) is 0 Å². The summed E-state index contributed by atoms with van der Waals surface area (Å²) < 4.78 is 0.739. The highest BCUT2D eigenvalue weighted by atomic mass is 79.9. The minimum absolute atomic E-state index is 0.0106. The van der Waals surface area contributed by atoms with Crippen molar-refractivity contribution in [3.63, 3.8) is 0 Å². The van der Waals surface area contributed by atoms with E-state index in [0.29, 0.717) is 21.8 Å². The molecule has 1 aromatic heterocycles. The van der Waals surface area contributed by atoms with Crippen molar-refractivity contribution in [1.29, 1.82) is 0 Å². The first-order valence-electron chi connectivity index (χ1n) is 5.94. The van der Waals surface area contributed by atoms with Gasteiger partial charge in [-0.1, -0.05) is 39.1 Å². The van der Waals surface area contributed by atoms with Crippen LogP contribution in [-0.4, -0.2) is 21.7 Å². The summed E-state index contributed by atoms with van der Waals surface area (Å²) in [6, 6.07) is 8.10. The molecule has 0 saturated heterocycles. The molecule has 1 aliphatic rings. The Hall–Kier alpha value is -1.43. The number of imide groups is 1. The van der Waals surface area contributed by atoms with E-state index >= 15 is 0 Å². The van der Waals surface area contributed by atoms with Crippen LogP contribution in [0.4, 0.5) is 0 Å². The van der Waals surface area contributed by atoms with Crippen LogP contribution in [0.3, 0.4) is 0 Å². The van der Waals surface area contributed by atoms with Crippen LogP contribution in [0.2, 0.25) is 10.2 Å². The highest BCUT2D eigenvalue weighted by Crippen LogP contribution is 2.28. The maximum atomic E-state index is 12.3. The summed E-state index contributed by atoms with van der Waals surface area (Å²) in [5, 5.41) is 0.617. The molecule has 0 radical (unpaired) electrons. The molecule has 7 heteroatoms. The van der Waals surface area contributed by atoms with E-state index < -0.39 is 0 Å². The summed E-state index contributed by atoms with van der Waals surface area (Å²) in [7, 11) is 0. The van der Waals surface area contributed by atoms with Gasteiger partial charge in [0.15, 0.2) is 0 Å².